The molecule has 0 aliphatic rings. The van der Waals surface area contributed by atoms with Gasteiger partial charge in [-0.25, -0.2) is 4.79 Å². The van der Waals surface area contributed by atoms with Gasteiger partial charge in [-0.2, -0.15) is 0 Å². The molecule has 0 fully saturated rings. The van der Waals surface area contributed by atoms with Crippen molar-refractivity contribution in [2.24, 2.45) is 5.73 Å². The van der Waals surface area contributed by atoms with Crippen LogP contribution in [0.2, 0.25) is 0 Å². The van der Waals surface area contributed by atoms with E-state index in [0.717, 1.165) is 12.0 Å². The van der Waals surface area contributed by atoms with Crippen LogP contribution in [-0.2, 0) is 0 Å². The van der Waals surface area contributed by atoms with Crippen LogP contribution in [0.3, 0.4) is 0 Å². The Morgan fingerprint density at radius 1 is 1.50 bits per heavy atom. The number of benzene rings is 1. The van der Waals surface area contributed by atoms with Gasteiger partial charge in [-0.05, 0) is 30.7 Å². The molecule has 3 N–H and O–H groups in total. The lowest BCUT2D eigenvalue weighted by Gasteiger charge is -1.96. The molecular weight excluding hydrogens is 178 g/mol. The third-order valence-electron chi connectivity index (χ3n) is 1.78. The second-order valence-electron chi connectivity index (χ2n) is 2.91. The van der Waals surface area contributed by atoms with Crippen LogP contribution in [0, 0.1) is 0 Å². The highest BCUT2D eigenvalue weighted by molar-refractivity contribution is 5.88. The summed E-state index contributed by atoms with van der Waals surface area (Å²) in [5.41, 5.74) is 6.52. The van der Waals surface area contributed by atoms with Gasteiger partial charge in [0.05, 0.1) is 5.56 Å². The van der Waals surface area contributed by atoms with E-state index in [1.165, 1.54) is 0 Å². The molecule has 1 aromatic rings. The minimum absolute atomic E-state index is 0.305. The normalized spacial score (nSPS) is 10.6. The lowest BCUT2D eigenvalue weighted by molar-refractivity contribution is 0.0697. The molecule has 0 heterocycles. The summed E-state index contributed by atoms with van der Waals surface area (Å²) in [5.74, 6) is -0.904. The molecule has 0 saturated heterocycles. The van der Waals surface area contributed by atoms with E-state index in [2.05, 4.69) is 0 Å². The lowest BCUT2D eigenvalue weighted by Crippen LogP contribution is -1.96. The molecule has 0 spiro atoms. The van der Waals surface area contributed by atoms with Crippen molar-refractivity contribution in [3.05, 3.63) is 41.5 Å². The summed E-state index contributed by atoms with van der Waals surface area (Å²) >= 11 is 0. The van der Waals surface area contributed by atoms with Gasteiger partial charge in [0.15, 0.2) is 0 Å². The van der Waals surface area contributed by atoms with Gasteiger partial charge >= 0.3 is 5.97 Å². The van der Waals surface area contributed by atoms with Gasteiger partial charge in [-0.15, -0.1) is 0 Å². The quantitative estimate of drug-likeness (QED) is 0.762. The first-order valence-electron chi connectivity index (χ1n) is 4.44. The van der Waals surface area contributed by atoms with Crippen molar-refractivity contribution >= 4 is 12.0 Å². The Hall–Kier alpha value is -1.61. The second kappa shape index (κ2) is 5.19. The van der Waals surface area contributed by atoms with E-state index in [1.54, 1.807) is 18.2 Å². The lowest BCUT2D eigenvalue weighted by atomic mass is 10.1. The van der Waals surface area contributed by atoms with Crippen molar-refractivity contribution < 1.29 is 9.90 Å². The van der Waals surface area contributed by atoms with Gasteiger partial charge in [0.25, 0.3) is 0 Å². The Bertz CT molecular complexity index is 345. The van der Waals surface area contributed by atoms with Gasteiger partial charge in [0.1, 0.15) is 0 Å². The van der Waals surface area contributed by atoms with Crippen LogP contribution >= 0.6 is 0 Å². The summed E-state index contributed by atoms with van der Waals surface area (Å²) in [4.78, 5) is 10.6. The standard InChI is InChI=1S/C11H13NO2/c12-7-2-1-4-9-5-3-6-10(8-9)11(13)14/h1,3-6,8H,2,7,12H2,(H,13,14). The molecule has 0 unspecified atom stereocenters. The molecule has 0 radical (unpaired) electrons. The molecule has 0 saturated carbocycles. The highest BCUT2D eigenvalue weighted by atomic mass is 16.4. The zero-order valence-electron chi connectivity index (χ0n) is 7.81. The molecule has 0 bridgehead atoms. The molecule has 74 valence electrons. The predicted octanol–water partition coefficient (Wildman–Crippen LogP) is 1.75. The van der Waals surface area contributed by atoms with E-state index in [1.807, 2.05) is 18.2 Å². The number of rotatable bonds is 4. The molecule has 0 aromatic heterocycles. The molecule has 0 amide bonds. The maximum atomic E-state index is 10.6. The van der Waals surface area contributed by atoms with Crippen LogP contribution in [-0.4, -0.2) is 17.6 Å². The molecule has 1 rings (SSSR count). The number of aromatic carboxylic acids is 1. The van der Waals surface area contributed by atoms with Crippen molar-refractivity contribution in [3.8, 4) is 0 Å². The zero-order chi connectivity index (χ0) is 10.4. The number of carboxylic acids is 1. The SMILES string of the molecule is NCCC=Cc1cccc(C(=O)O)c1. The van der Waals surface area contributed by atoms with E-state index < -0.39 is 5.97 Å². The fourth-order valence-corrected chi connectivity index (χ4v) is 1.09. The predicted molar refractivity (Wildman–Crippen MR) is 56.1 cm³/mol. The van der Waals surface area contributed by atoms with Crippen LogP contribution in [0.1, 0.15) is 22.3 Å². The molecule has 0 aliphatic carbocycles. The Balaban J connectivity index is 2.78. The third-order valence-corrected chi connectivity index (χ3v) is 1.78. The van der Waals surface area contributed by atoms with Crippen molar-refractivity contribution in [1.29, 1.82) is 0 Å². The van der Waals surface area contributed by atoms with Gasteiger partial charge in [0.2, 0.25) is 0 Å². The van der Waals surface area contributed by atoms with E-state index in [-0.39, 0.29) is 0 Å². The van der Waals surface area contributed by atoms with Crippen LogP contribution in [0.25, 0.3) is 6.08 Å². The van der Waals surface area contributed by atoms with E-state index >= 15 is 0 Å². The number of carbonyl (C=O) groups is 1. The van der Waals surface area contributed by atoms with Gasteiger partial charge in [-0.3, -0.25) is 0 Å². The molecule has 0 atom stereocenters. The highest BCUT2D eigenvalue weighted by Gasteiger charge is 2.00. The zero-order valence-corrected chi connectivity index (χ0v) is 7.81. The fraction of sp³-hybridized carbons (Fsp3) is 0.182. The first-order valence-corrected chi connectivity index (χ1v) is 4.44. The summed E-state index contributed by atoms with van der Waals surface area (Å²) in [7, 11) is 0. The van der Waals surface area contributed by atoms with Crippen LogP contribution in [0.5, 0.6) is 0 Å². The first-order chi connectivity index (χ1) is 6.74. The Morgan fingerprint density at radius 2 is 2.29 bits per heavy atom. The van der Waals surface area contributed by atoms with Crippen LogP contribution in [0.15, 0.2) is 30.3 Å². The second-order valence-corrected chi connectivity index (χ2v) is 2.91. The molecular formula is C11H13NO2. The molecule has 3 heteroatoms. The minimum Gasteiger partial charge on any atom is -0.478 e. The molecule has 0 aliphatic heterocycles. The maximum absolute atomic E-state index is 10.6. The van der Waals surface area contributed by atoms with Crippen molar-refractivity contribution in [2.75, 3.05) is 6.54 Å². The maximum Gasteiger partial charge on any atom is 0.335 e. The summed E-state index contributed by atoms with van der Waals surface area (Å²) < 4.78 is 0. The number of hydrogen-bond donors (Lipinski definition) is 2. The summed E-state index contributed by atoms with van der Waals surface area (Å²) in [5, 5.41) is 8.74. The van der Waals surface area contributed by atoms with E-state index in [4.69, 9.17) is 10.8 Å². The van der Waals surface area contributed by atoms with Crippen molar-refractivity contribution in [1.82, 2.24) is 0 Å². The monoisotopic (exact) mass is 191 g/mol. The average molecular weight is 191 g/mol. The Morgan fingerprint density at radius 3 is 2.93 bits per heavy atom. The average Bonchev–Trinajstić information content (AvgIpc) is 2.19. The van der Waals surface area contributed by atoms with E-state index in [0.29, 0.717) is 12.1 Å². The van der Waals surface area contributed by atoms with E-state index in [9.17, 15) is 4.79 Å². The highest BCUT2D eigenvalue weighted by Crippen LogP contribution is 2.07. The third kappa shape index (κ3) is 3.03. The fourth-order valence-electron chi connectivity index (χ4n) is 1.09. The largest absolute Gasteiger partial charge is 0.478 e. The molecule has 3 nitrogen and oxygen atoms in total. The number of nitrogens with two attached hydrogens (primary N) is 1. The van der Waals surface area contributed by atoms with Crippen molar-refractivity contribution in [3.63, 3.8) is 0 Å². The Kier molecular flexibility index (Phi) is 3.88. The molecule has 14 heavy (non-hydrogen) atoms. The van der Waals surface area contributed by atoms with Gasteiger partial charge in [-0.1, -0.05) is 24.3 Å². The summed E-state index contributed by atoms with van der Waals surface area (Å²) in [6, 6.07) is 6.79. The smallest absolute Gasteiger partial charge is 0.335 e. The first kappa shape index (κ1) is 10.5. The summed E-state index contributed by atoms with van der Waals surface area (Å²) in [6.07, 6.45) is 4.61. The number of hydrogen-bond acceptors (Lipinski definition) is 2. The van der Waals surface area contributed by atoms with Gasteiger partial charge < -0.3 is 10.8 Å². The van der Waals surface area contributed by atoms with Gasteiger partial charge in [0, 0.05) is 0 Å². The number of carboxylic acid groups (broad SMARTS) is 1. The van der Waals surface area contributed by atoms with Crippen LogP contribution < -0.4 is 5.73 Å². The van der Waals surface area contributed by atoms with Crippen molar-refractivity contribution in [2.45, 2.75) is 6.42 Å². The summed E-state index contributed by atoms with van der Waals surface area (Å²) in [6.45, 7) is 0.606. The molecule has 1 aromatic carbocycles. The Labute approximate surface area is 82.9 Å². The minimum atomic E-state index is -0.904. The van der Waals surface area contributed by atoms with Crippen LogP contribution in [0.4, 0.5) is 0 Å². The topological polar surface area (TPSA) is 63.3 Å².